The van der Waals surface area contributed by atoms with E-state index in [4.69, 9.17) is 4.74 Å². The molecule has 0 atom stereocenters. The van der Waals surface area contributed by atoms with Crippen molar-refractivity contribution >= 4 is 23.5 Å². The Hall–Kier alpha value is -2.24. The Morgan fingerprint density at radius 2 is 1.13 bits per heavy atom. The molecule has 0 unspecified atom stereocenters. The van der Waals surface area contributed by atoms with Crippen LogP contribution in [0.2, 0.25) is 0 Å². The second-order valence-corrected chi connectivity index (χ2v) is 11.0. The molecule has 3 amide bonds. The Labute approximate surface area is 239 Å². The van der Waals surface area contributed by atoms with Crippen molar-refractivity contribution in [3.8, 4) is 0 Å². The lowest BCUT2D eigenvalue weighted by atomic mass is 10.1. The second kappa shape index (κ2) is 24.8. The molecule has 0 radical (unpaired) electrons. The average molecular weight is 546 g/mol. The zero-order valence-corrected chi connectivity index (χ0v) is 25.5. The highest BCUT2D eigenvalue weighted by Crippen LogP contribution is 2.20. The lowest BCUT2D eigenvalue weighted by molar-refractivity contribution is 0.159. The van der Waals surface area contributed by atoms with Crippen LogP contribution in [0.15, 0.2) is 18.2 Å². The average Bonchev–Trinajstić information content (AvgIpc) is 2.92. The lowest BCUT2D eigenvalue weighted by Gasteiger charge is -2.13. The van der Waals surface area contributed by atoms with Gasteiger partial charge in [-0.2, -0.15) is 0 Å². The maximum Gasteiger partial charge on any atom is 0.411 e. The topological polar surface area (TPSA) is 79.5 Å². The van der Waals surface area contributed by atoms with Gasteiger partial charge in [-0.3, -0.25) is 5.32 Å². The number of anilines is 2. The Morgan fingerprint density at radius 1 is 0.641 bits per heavy atom. The number of amides is 3. The number of nitrogens with one attached hydrogen (secondary N) is 3. The molecular weight excluding hydrogens is 486 g/mol. The number of unbranched alkanes of at least 4 members (excludes halogenated alkanes) is 18. The first-order valence-electron chi connectivity index (χ1n) is 16.2. The molecule has 0 heterocycles. The van der Waals surface area contributed by atoms with Gasteiger partial charge in [-0.25, -0.2) is 9.59 Å². The first-order chi connectivity index (χ1) is 19.1. The summed E-state index contributed by atoms with van der Waals surface area (Å²) in [6.45, 7) is 7.54. The predicted molar refractivity (Wildman–Crippen MR) is 167 cm³/mol. The highest BCUT2D eigenvalue weighted by molar-refractivity contribution is 5.92. The van der Waals surface area contributed by atoms with Crippen molar-refractivity contribution < 1.29 is 14.3 Å². The fourth-order valence-corrected chi connectivity index (χ4v) is 4.72. The van der Waals surface area contributed by atoms with E-state index in [0.717, 1.165) is 31.2 Å². The highest BCUT2D eigenvalue weighted by Gasteiger charge is 2.08. The van der Waals surface area contributed by atoms with Gasteiger partial charge in [-0.05, 0) is 37.5 Å². The van der Waals surface area contributed by atoms with Crippen LogP contribution in [0.25, 0.3) is 0 Å². The molecule has 0 fully saturated rings. The number of hydrogen-bond donors (Lipinski definition) is 3. The minimum Gasteiger partial charge on any atom is -0.449 e. The molecule has 6 nitrogen and oxygen atoms in total. The molecule has 6 heteroatoms. The first-order valence-corrected chi connectivity index (χ1v) is 16.2. The van der Waals surface area contributed by atoms with E-state index in [2.05, 4.69) is 29.8 Å². The molecule has 0 aromatic heterocycles. The Bertz CT molecular complexity index is 754. The molecule has 0 aliphatic carbocycles. The van der Waals surface area contributed by atoms with Crippen molar-refractivity contribution in [2.24, 2.45) is 0 Å². The number of carbonyl (C=O) groups is 2. The van der Waals surface area contributed by atoms with Crippen molar-refractivity contribution in [1.29, 1.82) is 0 Å². The summed E-state index contributed by atoms with van der Waals surface area (Å²) >= 11 is 0. The molecule has 3 N–H and O–H groups in total. The predicted octanol–water partition coefficient (Wildman–Crippen LogP) is 10.5. The third kappa shape index (κ3) is 20.3. The molecule has 0 saturated heterocycles. The van der Waals surface area contributed by atoms with Gasteiger partial charge in [0.05, 0.1) is 6.61 Å². The molecule has 0 saturated carbocycles. The summed E-state index contributed by atoms with van der Waals surface area (Å²) in [5.74, 6) is 0. The number of urea groups is 1. The van der Waals surface area contributed by atoms with Gasteiger partial charge in [0.15, 0.2) is 0 Å². The van der Waals surface area contributed by atoms with E-state index in [1.807, 2.05) is 19.1 Å². The molecule has 1 aromatic carbocycles. The molecule has 39 heavy (non-hydrogen) atoms. The maximum atomic E-state index is 12.4. The molecular formula is C33H59N3O3. The molecule has 0 bridgehead atoms. The summed E-state index contributed by atoms with van der Waals surface area (Å²) in [6, 6.07) is 5.27. The number of hydrogen-bond acceptors (Lipinski definition) is 3. The van der Waals surface area contributed by atoms with Crippen LogP contribution in [0.3, 0.4) is 0 Å². The van der Waals surface area contributed by atoms with E-state index in [1.165, 1.54) is 103 Å². The number of benzene rings is 1. The summed E-state index contributed by atoms with van der Waals surface area (Å²) in [7, 11) is 0. The molecule has 0 spiro atoms. The maximum absolute atomic E-state index is 12.4. The summed E-state index contributed by atoms with van der Waals surface area (Å²) in [4.78, 5) is 24.5. The van der Waals surface area contributed by atoms with E-state index >= 15 is 0 Å². The van der Waals surface area contributed by atoms with Crippen molar-refractivity contribution in [2.45, 2.75) is 149 Å². The van der Waals surface area contributed by atoms with Gasteiger partial charge in [0.2, 0.25) is 0 Å². The van der Waals surface area contributed by atoms with Crippen LogP contribution in [-0.4, -0.2) is 25.3 Å². The van der Waals surface area contributed by atoms with Crippen LogP contribution < -0.4 is 16.0 Å². The third-order valence-corrected chi connectivity index (χ3v) is 7.28. The van der Waals surface area contributed by atoms with Crippen LogP contribution in [0.5, 0.6) is 0 Å². The van der Waals surface area contributed by atoms with Crippen molar-refractivity contribution in [1.82, 2.24) is 5.32 Å². The molecule has 0 aliphatic heterocycles. The lowest BCUT2D eigenvalue weighted by Crippen LogP contribution is -2.29. The van der Waals surface area contributed by atoms with Gasteiger partial charge in [0.1, 0.15) is 0 Å². The number of aryl methyl sites for hydroxylation is 1. The smallest absolute Gasteiger partial charge is 0.411 e. The third-order valence-electron chi connectivity index (χ3n) is 7.28. The van der Waals surface area contributed by atoms with Gasteiger partial charge >= 0.3 is 12.1 Å². The molecule has 1 aromatic rings. The van der Waals surface area contributed by atoms with E-state index in [1.54, 1.807) is 6.07 Å². The van der Waals surface area contributed by atoms with Gasteiger partial charge in [0, 0.05) is 17.9 Å². The number of rotatable bonds is 24. The summed E-state index contributed by atoms with van der Waals surface area (Å²) in [6.07, 6.45) is 24.8. The van der Waals surface area contributed by atoms with E-state index in [-0.39, 0.29) is 6.03 Å². The zero-order chi connectivity index (χ0) is 28.4. The number of carbonyl (C=O) groups excluding carboxylic acids is 2. The van der Waals surface area contributed by atoms with Crippen molar-refractivity contribution in [3.05, 3.63) is 23.8 Å². The van der Waals surface area contributed by atoms with E-state index < -0.39 is 6.09 Å². The van der Waals surface area contributed by atoms with Crippen molar-refractivity contribution in [2.75, 3.05) is 23.8 Å². The molecule has 0 aliphatic rings. The largest absolute Gasteiger partial charge is 0.449 e. The van der Waals surface area contributed by atoms with Crippen LogP contribution in [0.4, 0.5) is 21.0 Å². The van der Waals surface area contributed by atoms with Crippen LogP contribution in [0.1, 0.15) is 148 Å². The minimum absolute atomic E-state index is 0.213. The fraction of sp³-hybridized carbons (Fsp3) is 0.758. The summed E-state index contributed by atoms with van der Waals surface area (Å²) in [5.41, 5.74) is 2.23. The Balaban J connectivity index is 2.13. The molecule has 224 valence electrons. The minimum atomic E-state index is -0.453. The standard InChI is InChI=1S/C33H59N3O3/c1-4-6-8-10-12-14-16-18-20-22-26-34-32(37)36-31-28-30(25-24-29(31)3)35-33(38)39-27-23-21-19-17-15-13-11-9-7-5-2/h24-25,28H,4-23,26-27H2,1-3H3,(H,35,38)(H2,34,36,37). The highest BCUT2D eigenvalue weighted by atomic mass is 16.5. The van der Waals surface area contributed by atoms with E-state index in [9.17, 15) is 9.59 Å². The van der Waals surface area contributed by atoms with Gasteiger partial charge in [-0.15, -0.1) is 0 Å². The SMILES string of the molecule is CCCCCCCCCCCCNC(=O)Nc1cc(NC(=O)OCCCCCCCCCCCC)ccc1C. The van der Waals surface area contributed by atoms with Gasteiger partial charge in [0.25, 0.3) is 0 Å². The number of ether oxygens (including phenoxy) is 1. The van der Waals surface area contributed by atoms with E-state index in [0.29, 0.717) is 24.5 Å². The Kier molecular flexibility index (Phi) is 22.1. The van der Waals surface area contributed by atoms with Crippen molar-refractivity contribution in [3.63, 3.8) is 0 Å². The molecule has 1 rings (SSSR count). The normalized spacial score (nSPS) is 10.8. The zero-order valence-electron chi connectivity index (χ0n) is 25.5. The Morgan fingerprint density at radius 3 is 1.67 bits per heavy atom. The van der Waals surface area contributed by atoms with Crippen LogP contribution in [-0.2, 0) is 4.74 Å². The summed E-state index contributed by atoms with van der Waals surface area (Å²) in [5, 5.41) is 8.63. The van der Waals surface area contributed by atoms with Crippen LogP contribution >= 0.6 is 0 Å². The first kappa shape index (κ1) is 34.8. The fourth-order valence-electron chi connectivity index (χ4n) is 4.72. The monoisotopic (exact) mass is 545 g/mol. The quantitative estimate of drug-likeness (QED) is 0.113. The van der Waals surface area contributed by atoms with Crippen LogP contribution in [0, 0.1) is 6.92 Å². The van der Waals surface area contributed by atoms with Gasteiger partial charge in [-0.1, -0.05) is 135 Å². The summed E-state index contributed by atoms with van der Waals surface area (Å²) < 4.78 is 5.34. The van der Waals surface area contributed by atoms with Gasteiger partial charge < -0.3 is 15.4 Å². The second-order valence-electron chi connectivity index (χ2n) is 11.0.